The molecular formula is C13H15NO2. The summed E-state index contributed by atoms with van der Waals surface area (Å²) in [5.74, 6) is 2.22. The molecule has 0 aliphatic heterocycles. The van der Waals surface area contributed by atoms with Gasteiger partial charge in [-0.1, -0.05) is 18.1 Å². The first kappa shape index (κ1) is 12.1. The molecule has 0 aliphatic carbocycles. The quantitative estimate of drug-likeness (QED) is 0.784. The van der Waals surface area contributed by atoms with Gasteiger partial charge in [0, 0.05) is 6.54 Å². The largest absolute Gasteiger partial charge is 0.507 e. The fraction of sp³-hybridized carbons (Fsp3) is 0.308. The zero-order valence-corrected chi connectivity index (χ0v) is 9.53. The summed E-state index contributed by atoms with van der Waals surface area (Å²) in [5, 5.41) is 9.78. The third kappa shape index (κ3) is 2.34. The maximum atomic E-state index is 12.0. The maximum absolute atomic E-state index is 12.0. The van der Waals surface area contributed by atoms with E-state index in [0.717, 1.165) is 0 Å². The standard InChI is InChI=1S/C13H15NO2/c1-4-9-14(5-2)13(16)11-8-6-7-10(3)12(11)15/h1,6-8,15H,5,9H2,2-3H3. The van der Waals surface area contributed by atoms with Gasteiger partial charge in [0.15, 0.2) is 0 Å². The second-order valence-corrected chi connectivity index (χ2v) is 3.49. The molecule has 1 aromatic carbocycles. The molecular weight excluding hydrogens is 202 g/mol. The van der Waals surface area contributed by atoms with Gasteiger partial charge in [0.25, 0.3) is 5.91 Å². The second kappa shape index (κ2) is 5.22. The number of aryl methyl sites for hydroxylation is 1. The Morgan fingerprint density at radius 2 is 2.25 bits per heavy atom. The minimum absolute atomic E-state index is 0.0305. The lowest BCUT2D eigenvalue weighted by Crippen LogP contribution is -2.31. The number of amides is 1. The Morgan fingerprint density at radius 3 is 2.81 bits per heavy atom. The third-order valence-corrected chi connectivity index (χ3v) is 2.42. The first-order valence-corrected chi connectivity index (χ1v) is 5.13. The molecule has 0 aromatic heterocycles. The van der Waals surface area contributed by atoms with Crippen LogP contribution in [0.5, 0.6) is 5.75 Å². The van der Waals surface area contributed by atoms with Gasteiger partial charge in [0.2, 0.25) is 0 Å². The monoisotopic (exact) mass is 217 g/mol. The van der Waals surface area contributed by atoms with Crippen LogP contribution in [0.2, 0.25) is 0 Å². The van der Waals surface area contributed by atoms with Gasteiger partial charge >= 0.3 is 0 Å². The number of nitrogens with zero attached hydrogens (tertiary/aromatic N) is 1. The van der Waals surface area contributed by atoms with Crippen LogP contribution in [-0.4, -0.2) is 29.0 Å². The molecule has 3 heteroatoms. The van der Waals surface area contributed by atoms with Crippen molar-refractivity contribution in [2.75, 3.05) is 13.1 Å². The summed E-state index contributed by atoms with van der Waals surface area (Å²) >= 11 is 0. The number of aromatic hydroxyl groups is 1. The number of rotatable bonds is 3. The number of carbonyl (C=O) groups is 1. The van der Waals surface area contributed by atoms with Gasteiger partial charge < -0.3 is 10.0 Å². The van der Waals surface area contributed by atoms with Crippen LogP contribution in [-0.2, 0) is 0 Å². The van der Waals surface area contributed by atoms with Gasteiger partial charge in [-0.3, -0.25) is 4.79 Å². The van der Waals surface area contributed by atoms with Crippen LogP contribution < -0.4 is 0 Å². The van der Waals surface area contributed by atoms with Crippen molar-refractivity contribution in [3.05, 3.63) is 29.3 Å². The normalized spacial score (nSPS) is 9.56. The fourth-order valence-corrected chi connectivity index (χ4v) is 1.44. The highest BCUT2D eigenvalue weighted by Gasteiger charge is 2.17. The second-order valence-electron chi connectivity index (χ2n) is 3.49. The molecule has 1 N–H and O–H groups in total. The highest BCUT2D eigenvalue weighted by Crippen LogP contribution is 2.22. The van der Waals surface area contributed by atoms with Crippen LogP contribution in [0.15, 0.2) is 18.2 Å². The van der Waals surface area contributed by atoms with Crippen molar-refractivity contribution in [1.29, 1.82) is 0 Å². The van der Waals surface area contributed by atoms with Crippen LogP contribution in [0.3, 0.4) is 0 Å². The van der Waals surface area contributed by atoms with E-state index in [2.05, 4.69) is 5.92 Å². The van der Waals surface area contributed by atoms with E-state index >= 15 is 0 Å². The van der Waals surface area contributed by atoms with E-state index in [9.17, 15) is 9.90 Å². The number of para-hydroxylation sites is 1. The Labute approximate surface area is 95.7 Å². The van der Waals surface area contributed by atoms with E-state index in [-0.39, 0.29) is 18.2 Å². The Hall–Kier alpha value is -1.95. The summed E-state index contributed by atoms with van der Waals surface area (Å²) < 4.78 is 0. The smallest absolute Gasteiger partial charge is 0.258 e. The number of terminal acetylenes is 1. The summed E-state index contributed by atoms with van der Waals surface area (Å²) in [6, 6.07) is 5.10. The molecule has 0 saturated heterocycles. The van der Waals surface area contributed by atoms with Gasteiger partial charge in [-0.2, -0.15) is 0 Å². The summed E-state index contributed by atoms with van der Waals surface area (Å²) in [5.41, 5.74) is 0.986. The molecule has 0 unspecified atom stereocenters. The first-order valence-electron chi connectivity index (χ1n) is 5.13. The van der Waals surface area contributed by atoms with E-state index in [1.165, 1.54) is 4.90 Å². The summed E-state index contributed by atoms with van der Waals surface area (Å²) in [6.45, 7) is 4.38. The Bertz CT molecular complexity index is 432. The van der Waals surface area contributed by atoms with Crippen LogP contribution in [0.25, 0.3) is 0 Å². The van der Waals surface area contributed by atoms with E-state index < -0.39 is 0 Å². The highest BCUT2D eigenvalue weighted by atomic mass is 16.3. The van der Waals surface area contributed by atoms with Crippen molar-refractivity contribution >= 4 is 5.91 Å². The minimum Gasteiger partial charge on any atom is -0.507 e. The number of phenols is 1. The predicted molar refractivity (Wildman–Crippen MR) is 63.3 cm³/mol. The van der Waals surface area contributed by atoms with E-state index in [4.69, 9.17) is 6.42 Å². The molecule has 0 spiro atoms. The van der Waals surface area contributed by atoms with Gasteiger partial charge in [-0.15, -0.1) is 6.42 Å². The van der Waals surface area contributed by atoms with Crippen molar-refractivity contribution in [1.82, 2.24) is 4.90 Å². The van der Waals surface area contributed by atoms with Crippen LogP contribution in [0.1, 0.15) is 22.8 Å². The SMILES string of the molecule is C#CCN(CC)C(=O)c1cccc(C)c1O. The molecule has 0 atom stereocenters. The lowest BCUT2D eigenvalue weighted by atomic mass is 10.1. The van der Waals surface area contributed by atoms with Gasteiger partial charge in [-0.05, 0) is 25.5 Å². The minimum atomic E-state index is -0.235. The number of benzene rings is 1. The van der Waals surface area contributed by atoms with Crippen LogP contribution in [0.4, 0.5) is 0 Å². The molecule has 0 fully saturated rings. The zero-order chi connectivity index (χ0) is 12.1. The molecule has 1 aromatic rings. The number of hydrogen-bond acceptors (Lipinski definition) is 2. The molecule has 84 valence electrons. The van der Waals surface area contributed by atoms with Crippen molar-refractivity contribution in [3.8, 4) is 18.1 Å². The molecule has 0 bridgehead atoms. The third-order valence-electron chi connectivity index (χ3n) is 2.42. The summed E-state index contributed by atoms with van der Waals surface area (Å²) in [7, 11) is 0. The number of phenolic OH excluding ortho intramolecular Hbond substituents is 1. The van der Waals surface area contributed by atoms with Crippen molar-refractivity contribution < 1.29 is 9.90 Å². The van der Waals surface area contributed by atoms with E-state index in [1.54, 1.807) is 25.1 Å². The van der Waals surface area contributed by atoms with Crippen LogP contribution in [0, 0.1) is 19.3 Å². The lowest BCUT2D eigenvalue weighted by Gasteiger charge is -2.18. The molecule has 0 saturated carbocycles. The molecule has 0 radical (unpaired) electrons. The average molecular weight is 217 g/mol. The zero-order valence-electron chi connectivity index (χ0n) is 9.53. The predicted octanol–water partition coefficient (Wildman–Crippen LogP) is 1.80. The molecule has 1 amide bonds. The van der Waals surface area contributed by atoms with Crippen molar-refractivity contribution in [3.63, 3.8) is 0 Å². The summed E-state index contributed by atoms with van der Waals surface area (Å²) in [4.78, 5) is 13.5. The van der Waals surface area contributed by atoms with E-state index in [0.29, 0.717) is 17.7 Å². The first-order chi connectivity index (χ1) is 7.61. The maximum Gasteiger partial charge on any atom is 0.258 e. The molecule has 3 nitrogen and oxygen atoms in total. The van der Waals surface area contributed by atoms with Crippen LogP contribution >= 0.6 is 0 Å². The molecule has 16 heavy (non-hydrogen) atoms. The summed E-state index contributed by atoms with van der Waals surface area (Å²) in [6.07, 6.45) is 5.18. The number of carbonyl (C=O) groups excluding carboxylic acids is 1. The van der Waals surface area contributed by atoms with Gasteiger partial charge in [0.05, 0.1) is 12.1 Å². The van der Waals surface area contributed by atoms with Crippen molar-refractivity contribution in [2.24, 2.45) is 0 Å². The topological polar surface area (TPSA) is 40.5 Å². The van der Waals surface area contributed by atoms with Gasteiger partial charge in [-0.25, -0.2) is 0 Å². The Balaban J connectivity index is 3.05. The van der Waals surface area contributed by atoms with Gasteiger partial charge in [0.1, 0.15) is 5.75 Å². The molecule has 0 heterocycles. The molecule has 0 aliphatic rings. The highest BCUT2D eigenvalue weighted by molar-refractivity contribution is 5.97. The fourth-order valence-electron chi connectivity index (χ4n) is 1.44. The Morgan fingerprint density at radius 1 is 1.56 bits per heavy atom. The van der Waals surface area contributed by atoms with Crippen molar-refractivity contribution in [2.45, 2.75) is 13.8 Å². The van der Waals surface area contributed by atoms with E-state index in [1.807, 2.05) is 6.92 Å². The number of hydrogen-bond donors (Lipinski definition) is 1. The average Bonchev–Trinajstić information content (AvgIpc) is 2.29. The molecule has 1 rings (SSSR count). The Kier molecular flexibility index (Phi) is 3.96. The lowest BCUT2D eigenvalue weighted by molar-refractivity contribution is 0.0782.